The Morgan fingerprint density at radius 2 is 1.50 bits per heavy atom. The predicted molar refractivity (Wildman–Crippen MR) is 72.6 cm³/mol. The molecule has 18 heavy (non-hydrogen) atoms. The summed E-state index contributed by atoms with van der Waals surface area (Å²) in [6.07, 6.45) is 2.65. The van der Waals surface area contributed by atoms with Crippen LogP contribution in [-0.2, 0) is 14.0 Å². The summed E-state index contributed by atoms with van der Waals surface area (Å²) in [5.41, 5.74) is 0.894. The molecule has 0 heterocycles. The Bertz CT molecular complexity index is 382. The number of benzene rings is 1. The van der Waals surface area contributed by atoms with Gasteiger partial charge >= 0.3 is 7.32 Å². The molecule has 0 saturated heterocycles. The number of rotatable bonds is 5. The third-order valence-electron chi connectivity index (χ3n) is 1.89. The zero-order valence-corrected chi connectivity index (χ0v) is 11.3. The molecule has 0 spiro atoms. The monoisotopic (exact) mass is 246 g/mol. The highest BCUT2D eigenvalue weighted by Gasteiger charge is 2.25. The molecule has 1 rings (SSSR count). The Morgan fingerprint density at radius 1 is 0.944 bits per heavy atom. The Morgan fingerprint density at radius 3 is 2.00 bits per heavy atom. The van der Waals surface area contributed by atoms with Crippen LogP contribution >= 0.6 is 0 Å². The van der Waals surface area contributed by atoms with Gasteiger partial charge in [0.25, 0.3) is 0 Å². The molecule has 1 aromatic rings. The van der Waals surface area contributed by atoms with Crippen molar-refractivity contribution in [2.24, 2.45) is 0 Å². The second-order valence-corrected chi connectivity index (χ2v) is 4.37. The smallest absolute Gasteiger partial charge is 0.462 e. The van der Waals surface area contributed by atoms with Crippen molar-refractivity contribution in [1.82, 2.24) is 0 Å². The van der Waals surface area contributed by atoms with Gasteiger partial charge < -0.3 is 14.0 Å². The van der Waals surface area contributed by atoms with Crippen molar-refractivity contribution in [3.8, 4) is 12.0 Å². The van der Waals surface area contributed by atoms with Crippen LogP contribution in [0.15, 0.2) is 30.3 Å². The standard InChI is InChI=1S/C14H19BO3/c1-12(2)17-15(18-13(3)4)16-11-10-14-8-6-5-7-9-14/h5-9,12-13H,1-4H3. The van der Waals surface area contributed by atoms with Crippen molar-refractivity contribution < 1.29 is 14.0 Å². The summed E-state index contributed by atoms with van der Waals surface area (Å²) in [5, 5.41) is 0. The minimum absolute atomic E-state index is 0.0206. The molecule has 0 amide bonds. The van der Waals surface area contributed by atoms with E-state index in [1.165, 1.54) is 0 Å². The largest absolute Gasteiger partial charge is 0.722 e. The second kappa shape index (κ2) is 7.81. The van der Waals surface area contributed by atoms with Gasteiger partial charge in [-0.3, -0.25) is 0 Å². The molecular formula is C14H19BO3. The maximum Gasteiger partial charge on any atom is 0.722 e. The molecule has 3 nitrogen and oxygen atoms in total. The average molecular weight is 246 g/mol. The molecule has 0 aliphatic carbocycles. The van der Waals surface area contributed by atoms with E-state index < -0.39 is 7.32 Å². The van der Waals surface area contributed by atoms with Crippen molar-refractivity contribution in [1.29, 1.82) is 0 Å². The van der Waals surface area contributed by atoms with Crippen molar-refractivity contribution in [3.05, 3.63) is 35.9 Å². The maximum atomic E-state index is 5.45. The minimum Gasteiger partial charge on any atom is -0.462 e. The third-order valence-corrected chi connectivity index (χ3v) is 1.89. The van der Waals surface area contributed by atoms with Crippen LogP contribution in [0.2, 0.25) is 0 Å². The zero-order chi connectivity index (χ0) is 13.4. The molecule has 0 bridgehead atoms. The van der Waals surface area contributed by atoms with Gasteiger partial charge in [0, 0.05) is 17.8 Å². The van der Waals surface area contributed by atoms with Crippen molar-refractivity contribution in [3.63, 3.8) is 0 Å². The molecule has 0 atom stereocenters. The summed E-state index contributed by atoms with van der Waals surface area (Å²) < 4.78 is 16.2. The SMILES string of the molecule is CC(C)OB(OC#Cc1ccccc1)OC(C)C. The molecule has 0 unspecified atom stereocenters. The highest BCUT2D eigenvalue weighted by molar-refractivity contribution is 6.36. The van der Waals surface area contributed by atoms with E-state index in [2.05, 4.69) is 12.0 Å². The fraction of sp³-hybridized carbons (Fsp3) is 0.429. The first-order valence-electron chi connectivity index (χ1n) is 6.10. The highest BCUT2D eigenvalue weighted by atomic mass is 16.7. The summed E-state index contributed by atoms with van der Waals surface area (Å²) in [7, 11) is -0.749. The van der Waals surface area contributed by atoms with Crippen molar-refractivity contribution in [2.75, 3.05) is 0 Å². The van der Waals surface area contributed by atoms with Gasteiger partial charge in [-0.15, -0.1) is 0 Å². The first kappa shape index (κ1) is 14.6. The van der Waals surface area contributed by atoms with Gasteiger partial charge in [0.1, 0.15) is 0 Å². The number of hydrogen-bond acceptors (Lipinski definition) is 3. The topological polar surface area (TPSA) is 27.7 Å². The third kappa shape index (κ3) is 6.34. The van der Waals surface area contributed by atoms with E-state index in [4.69, 9.17) is 14.0 Å². The van der Waals surface area contributed by atoms with Crippen molar-refractivity contribution in [2.45, 2.75) is 39.9 Å². The maximum absolute atomic E-state index is 5.45. The molecule has 0 aromatic heterocycles. The molecule has 0 N–H and O–H groups in total. The average Bonchev–Trinajstić information content (AvgIpc) is 2.28. The van der Waals surface area contributed by atoms with Crippen molar-refractivity contribution >= 4 is 7.32 Å². The first-order chi connectivity index (χ1) is 8.58. The molecule has 0 fully saturated rings. The van der Waals surface area contributed by atoms with Gasteiger partial charge in [0.15, 0.2) is 0 Å². The summed E-state index contributed by atoms with van der Waals surface area (Å²) in [4.78, 5) is 0. The normalized spacial score (nSPS) is 10.1. The van der Waals surface area contributed by atoms with Gasteiger partial charge in [-0.25, -0.2) is 0 Å². The Balaban J connectivity index is 2.53. The summed E-state index contributed by atoms with van der Waals surface area (Å²) in [6, 6.07) is 9.63. The summed E-state index contributed by atoms with van der Waals surface area (Å²) >= 11 is 0. The van der Waals surface area contributed by atoms with Gasteiger partial charge in [-0.1, -0.05) is 18.2 Å². The molecule has 0 saturated carbocycles. The Kier molecular flexibility index (Phi) is 6.34. The molecule has 0 radical (unpaired) electrons. The van der Waals surface area contributed by atoms with E-state index >= 15 is 0 Å². The zero-order valence-electron chi connectivity index (χ0n) is 11.3. The van der Waals surface area contributed by atoms with Crippen LogP contribution in [0.4, 0.5) is 0 Å². The van der Waals surface area contributed by atoms with Crippen LogP contribution in [0.1, 0.15) is 33.3 Å². The van der Waals surface area contributed by atoms with Crippen LogP contribution in [-0.4, -0.2) is 19.5 Å². The number of hydrogen-bond donors (Lipinski definition) is 0. The van der Waals surface area contributed by atoms with E-state index in [-0.39, 0.29) is 12.2 Å². The predicted octanol–water partition coefficient (Wildman–Crippen LogP) is 2.85. The van der Waals surface area contributed by atoms with E-state index in [0.29, 0.717) is 0 Å². The van der Waals surface area contributed by atoms with E-state index in [9.17, 15) is 0 Å². The summed E-state index contributed by atoms with van der Waals surface area (Å²) in [6.45, 7) is 7.69. The highest BCUT2D eigenvalue weighted by Crippen LogP contribution is 2.01. The van der Waals surface area contributed by atoms with Gasteiger partial charge in [-0.2, -0.15) is 0 Å². The fourth-order valence-electron chi connectivity index (χ4n) is 1.19. The lowest BCUT2D eigenvalue weighted by Gasteiger charge is -2.15. The molecule has 1 aromatic carbocycles. The van der Waals surface area contributed by atoms with Crippen LogP contribution < -0.4 is 0 Å². The Hall–Kier alpha value is -1.44. The lowest BCUT2D eigenvalue weighted by Crippen LogP contribution is -2.31. The van der Waals surface area contributed by atoms with Crippen LogP contribution in [0.25, 0.3) is 0 Å². The lowest BCUT2D eigenvalue weighted by atomic mass is 10.2. The molecule has 0 aliphatic heterocycles. The second-order valence-electron chi connectivity index (χ2n) is 4.37. The van der Waals surface area contributed by atoms with E-state index in [1.54, 1.807) is 0 Å². The first-order valence-corrected chi connectivity index (χ1v) is 6.10. The van der Waals surface area contributed by atoms with Crippen LogP contribution in [0.3, 0.4) is 0 Å². The molecule has 96 valence electrons. The molecule has 4 heteroatoms. The Labute approximate surface area is 110 Å². The lowest BCUT2D eigenvalue weighted by molar-refractivity contribution is 0.0780. The molecular weight excluding hydrogens is 227 g/mol. The van der Waals surface area contributed by atoms with Crippen LogP contribution in [0.5, 0.6) is 0 Å². The summed E-state index contributed by atoms with van der Waals surface area (Å²) in [5.74, 6) is 2.89. The quantitative estimate of drug-likeness (QED) is 0.590. The molecule has 0 aliphatic rings. The van der Waals surface area contributed by atoms with Gasteiger partial charge in [-0.05, 0) is 45.7 Å². The fourth-order valence-corrected chi connectivity index (χ4v) is 1.19. The van der Waals surface area contributed by atoms with E-state index in [1.807, 2.05) is 58.0 Å². The minimum atomic E-state index is -0.749. The van der Waals surface area contributed by atoms with E-state index in [0.717, 1.165) is 5.56 Å². The van der Waals surface area contributed by atoms with Gasteiger partial charge in [0.05, 0.1) is 6.11 Å². The van der Waals surface area contributed by atoms with Crippen LogP contribution in [0, 0.1) is 12.0 Å². The van der Waals surface area contributed by atoms with Gasteiger partial charge in [0.2, 0.25) is 0 Å².